The number of aliphatic hydroxyl groups is 1. The fourth-order valence-electron chi connectivity index (χ4n) is 2.80. The number of hydrogen-bond acceptors (Lipinski definition) is 4. The smallest absolute Gasteiger partial charge is 0.261 e. The molecule has 6 heteroatoms. The highest BCUT2D eigenvalue weighted by molar-refractivity contribution is 7.14. The highest BCUT2D eigenvalue weighted by Crippen LogP contribution is 2.29. The third-order valence-corrected chi connectivity index (χ3v) is 5.17. The lowest BCUT2D eigenvalue weighted by Crippen LogP contribution is -2.46. The summed E-state index contributed by atoms with van der Waals surface area (Å²) in [5.74, 6) is -0.360. The summed E-state index contributed by atoms with van der Waals surface area (Å²) < 4.78 is 0. The Balaban J connectivity index is 1.90. The van der Waals surface area contributed by atoms with Crippen LogP contribution in [0.2, 0.25) is 0 Å². The maximum absolute atomic E-state index is 12.2. The predicted molar refractivity (Wildman–Crippen MR) is 91.8 cm³/mol. The van der Waals surface area contributed by atoms with Crippen LogP contribution in [0.3, 0.4) is 0 Å². The van der Waals surface area contributed by atoms with Crippen LogP contribution in [0.25, 0.3) is 0 Å². The zero-order chi connectivity index (χ0) is 17.0. The average molecular weight is 338 g/mol. The van der Waals surface area contributed by atoms with Gasteiger partial charge in [0.25, 0.3) is 5.91 Å². The second kappa shape index (κ2) is 7.45. The molecule has 1 heterocycles. The minimum Gasteiger partial charge on any atom is -0.389 e. The number of thiophene rings is 1. The molecular formula is C17H26N2O3S. The minimum atomic E-state index is -0.942. The monoisotopic (exact) mass is 338 g/mol. The quantitative estimate of drug-likeness (QED) is 0.833. The molecule has 0 saturated heterocycles. The van der Waals surface area contributed by atoms with Crippen LogP contribution in [0.4, 0.5) is 0 Å². The maximum Gasteiger partial charge on any atom is 0.261 e. The maximum atomic E-state index is 12.2. The molecule has 5 nitrogen and oxygen atoms in total. The van der Waals surface area contributed by atoms with Gasteiger partial charge >= 0.3 is 0 Å². The summed E-state index contributed by atoms with van der Waals surface area (Å²) in [6.45, 7) is 5.91. The van der Waals surface area contributed by atoms with Crippen molar-refractivity contribution in [2.24, 2.45) is 0 Å². The van der Waals surface area contributed by atoms with E-state index in [1.165, 1.54) is 23.3 Å². The van der Waals surface area contributed by atoms with E-state index in [4.69, 9.17) is 0 Å². The van der Waals surface area contributed by atoms with E-state index in [-0.39, 0.29) is 24.9 Å². The van der Waals surface area contributed by atoms with Gasteiger partial charge in [0.1, 0.15) is 0 Å². The summed E-state index contributed by atoms with van der Waals surface area (Å²) in [6.07, 6.45) is 4.48. The Kier molecular flexibility index (Phi) is 5.81. The van der Waals surface area contributed by atoms with Gasteiger partial charge in [-0.15, -0.1) is 11.3 Å². The summed E-state index contributed by atoms with van der Waals surface area (Å²) in [5.41, 5.74) is 0.345. The van der Waals surface area contributed by atoms with Crippen molar-refractivity contribution >= 4 is 23.2 Å². The Bertz CT molecular complexity index is 551. The number of carbonyl (C=O) groups excluding carboxylic acids is 2. The van der Waals surface area contributed by atoms with E-state index in [0.717, 1.165) is 12.8 Å². The third-order valence-electron chi connectivity index (χ3n) is 3.93. The molecule has 2 N–H and O–H groups in total. The fourth-order valence-corrected chi connectivity index (χ4v) is 3.97. The Morgan fingerprint density at radius 3 is 2.65 bits per heavy atom. The van der Waals surface area contributed by atoms with Crippen molar-refractivity contribution in [1.82, 2.24) is 10.2 Å². The van der Waals surface area contributed by atoms with Crippen molar-refractivity contribution in [3.8, 4) is 0 Å². The standard InChI is InChI=1S/C17H26N2O3S/c1-4-19(11-17(2,3)22)15(20)10-18-16(21)14-9-12-7-5-6-8-13(12)23-14/h9,22H,4-8,10-11H2,1-3H3,(H,18,21). The Labute approximate surface area is 141 Å². The van der Waals surface area contributed by atoms with Crippen LogP contribution in [0, 0.1) is 0 Å². The molecule has 1 aromatic heterocycles. The van der Waals surface area contributed by atoms with Crippen molar-refractivity contribution in [3.05, 3.63) is 21.4 Å². The largest absolute Gasteiger partial charge is 0.389 e. The lowest BCUT2D eigenvalue weighted by atomic mass is 9.99. The SMILES string of the molecule is CCN(CC(C)(C)O)C(=O)CNC(=O)c1cc2c(s1)CCCC2. The summed E-state index contributed by atoms with van der Waals surface area (Å²) in [5, 5.41) is 12.5. The van der Waals surface area contributed by atoms with E-state index in [1.807, 2.05) is 13.0 Å². The molecule has 0 spiro atoms. The molecule has 0 atom stereocenters. The first-order valence-electron chi connectivity index (χ1n) is 8.20. The van der Waals surface area contributed by atoms with Crippen LogP contribution in [0.5, 0.6) is 0 Å². The van der Waals surface area contributed by atoms with Gasteiger partial charge in [-0.3, -0.25) is 9.59 Å². The van der Waals surface area contributed by atoms with Crippen LogP contribution >= 0.6 is 11.3 Å². The van der Waals surface area contributed by atoms with Crippen LogP contribution in [0.1, 0.15) is 53.7 Å². The first kappa shape index (κ1) is 17.9. The van der Waals surface area contributed by atoms with Gasteiger partial charge < -0.3 is 15.3 Å². The molecule has 0 fully saturated rings. The number of carbonyl (C=O) groups is 2. The summed E-state index contributed by atoms with van der Waals surface area (Å²) in [6, 6.07) is 1.97. The van der Waals surface area contributed by atoms with E-state index in [2.05, 4.69) is 5.32 Å². The number of rotatable bonds is 6. The van der Waals surface area contributed by atoms with Crippen LogP contribution in [-0.4, -0.2) is 47.1 Å². The zero-order valence-corrected chi connectivity index (χ0v) is 15.0. The van der Waals surface area contributed by atoms with Gasteiger partial charge in [0.15, 0.2) is 0 Å². The first-order chi connectivity index (χ1) is 10.8. The second-order valence-electron chi connectivity index (χ2n) is 6.67. The predicted octanol–water partition coefficient (Wildman–Crippen LogP) is 1.98. The molecule has 2 amide bonds. The molecule has 0 radical (unpaired) electrons. The molecule has 0 bridgehead atoms. The normalized spacial score (nSPS) is 14.3. The Morgan fingerprint density at radius 1 is 1.35 bits per heavy atom. The average Bonchev–Trinajstić information content (AvgIpc) is 2.93. The molecule has 2 rings (SSSR count). The molecule has 0 aromatic carbocycles. The summed E-state index contributed by atoms with van der Waals surface area (Å²) >= 11 is 1.54. The van der Waals surface area contributed by atoms with Crippen molar-refractivity contribution in [2.45, 2.75) is 52.1 Å². The van der Waals surface area contributed by atoms with Crippen LogP contribution in [-0.2, 0) is 17.6 Å². The molecule has 1 aliphatic carbocycles. The zero-order valence-electron chi connectivity index (χ0n) is 14.1. The molecule has 128 valence electrons. The van der Waals surface area contributed by atoms with Gasteiger partial charge in [0.05, 0.1) is 17.0 Å². The molecule has 0 aliphatic heterocycles. The number of aryl methyl sites for hydroxylation is 2. The van der Waals surface area contributed by atoms with Gasteiger partial charge in [-0.1, -0.05) is 0 Å². The molecule has 23 heavy (non-hydrogen) atoms. The number of amides is 2. The van der Waals surface area contributed by atoms with Crippen molar-refractivity contribution in [3.63, 3.8) is 0 Å². The van der Waals surface area contributed by atoms with E-state index in [1.54, 1.807) is 30.1 Å². The molecule has 1 aliphatic rings. The van der Waals surface area contributed by atoms with Gasteiger partial charge in [-0.05, 0) is 58.1 Å². The lowest BCUT2D eigenvalue weighted by molar-refractivity contribution is -0.132. The van der Waals surface area contributed by atoms with E-state index < -0.39 is 5.60 Å². The van der Waals surface area contributed by atoms with Gasteiger partial charge in [0, 0.05) is 18.0 Å². The van der Waals surface area contributed by atoms with Gasteiger partial charge in [-0.2, -0.15) is 0 Å². The van der Waals surface area contributed by atoms with Crippen LogP contribution in [0.15, 0.2) is 6.07 Å². The Morgan fingerprint density at radius 2 is 2.04 bits per heavy atom. The first-order valence-corrected chi connectivity index (χ1v) is 9.01. The molecule has 1 aromatic rings. The van der Waals surface area contributed by atoms with E-state index in [9.17, 15) is 14.7 Å². The minimum absolute atomic E-state index is 0.0364. The number of likely N-dealkylation sites (N-methyl/N-ethyl adjacent to an activating group) is 1. The summed E-state index contributed by atoms with van der Waals surface area (Å²) in [4.78, 5) is 28.0. The highest BCUT2D eigenvalue weighted by atomic mass is 32.1. The van der Waals surface area contributed by atoms with Crippen molar-refractivity contribution < 1.29 is 14.7 Å². The summed E-state index contributed by atoms with van der Waals surface area (Å²) in [7, 11) is 0. The molecular weight excluding hydrogens is 312 g/mol. The molecule has 0 unspecified atom stereocenters. The van der Waals surface area contributed by atoms with Gasteiger partial charge in [-0.25, -0.2) is 0 Å². The number of nitrogens with one attached hydrogen (secondary N) is 1. The second-order valence-corrected chi connectivity index (χ2v) is 7.81. The van der Waals surface area contributed by atoms with E-state index >= 15 is 0 Å². The highest BCUT2D eigenvalue weighted by Gasteiger charge is 2.22. The fraction of sp³-hybridized carbons (Fsp3) is 0.647. The number of nitrogens with zero attached hydrogens (tertiary/aromatic N) is 1. The topological polar surface area (TPSA) is 69.6 Å². The van der Waals surface area contributed by atoms with Crippen molar-refractivity contribution in [2.75, 3.05) is 19.6 Å². The van der Waals surface area contributed by atoms with Crippen molar-refractivity contribution in [1.29, 1.82) is 0 Å². The van der Waals surface area contributed by atoms with Gasteiger partial charge in [0.2, 0.25) is 5.91 Å². The number of hydrogen-bond donors (Lipinski definition) is 2. The third kappa shape index (κ3) is 5.04. The number of fused-ring (bicyclic) bond motifs is 1. The van der Waals surface area contributed by atoms with E-state index in [0.29, 0.717) is 11.4 Å². The van der Waals surface area contributed by atoms with Crippen LogP contribution < -0.4 is 5.32 Å². The Hall–Kier alpha value is -1.40. The lowest BCUT2D eigenvalue weighted by Gasteiger charge is -2.28. The molecule has 0 saturated carbocycles.